The van der Waals surface area contributed by atoms with Crippen LogP contribution < -0.4 is 5.73 Å². The molecule has 2 unspecified atom stereocenters. The summed E-state index contributed by atoms with van der Waals surface area (Å²) in [5.74, 6) is 0. The van der Waals surface area contributed by atoms with Crippen LogP contribution in [0.2, 0.25) is 0 Å². The van der Waals surface area contributed by atoms with E-state index in [0.29, 0.717) is 13.2 Å². The first-order valence-corrected chi connectivity index (χ1v) is 5.57. The largest absolute Gasteiger partial charge is 0.382 e. The third-order valence-corrected chi connectivity index (χ3v) is 3.55. The highest BCUT2D eigenvalue weighted by Crippen LogP contribution is 2.47. The number of fused-ring (bicyclic) bond motifs is 2. The Labute approximate surface area is 91.1 Å². The van der Waals surface area contributed by atoms with E-state index in [0.717, 1.165) is 25.7 Å². The molecule has 2 aliphatic heterocycles. The Kier molecular flexibility index (Phi) is 3.03. The Balaban J connectivity index is 2.12. The summed E-state index contributed by atoms with van der Waals surface area (Å²) in [7, 11) is 3.43. The quantitative estimate of drug-likeness (QED) is 0.749. The Morgan fingerprint density at radius 3 is 2.00 bits per heavy atom. The summed E-state index contributed by atoms with van der Waals surface area (Å²) in [4.78, 5) is 0. The van der Waals surface area contributed by atoms with Crippen molar-refractivity contribution in [3.63, 3.8) is 0 Å². The highest BCUT2D eigenvalue weighted by molar-refractivity contribution is 5.05. The van der Waals surface area contributed by atoms with Gasteiger partial charge in [0.25, 0.3) is 0 Å². The van der Waals surface area contributed by atoms with Gasteiger partial charge in [-0.2, -0.15) is 0 Å². The molecular formula is C11H21NO3. The number of methoxy groups -OCH3 is 2. The van der Waals surface area contributed by atoms with Gasteiger partial charge in [-0.3, -0.25) is 0 Å². The molecule has 0 saturated carbocycles. The minimum absolute atomic E-state index is 0.148. The second kappa shape index (κ2) is 4.01. The van der Waals surface area contributed by atoms with Crippen LogP contribution in [0.3, 0.4) is 0 Å². The predicted octanol–water partition coefficient (Wildman–Crippen LogP) is 0.688. The highest BCUT2D eigenvalue weighted by atomic mass is 16.6. The molecule has 0 amide bonds. The highest BCUT2D eigenvalue weighted by Gasteiger charge is 2.54. The zero-order valence-electron chi connectivity index (χ0n) is 9.62. The lowest BCUT2D eigenvalue weighted by molar-refractivity contribution is -0.182. The van der Waals surface area contributed by atoms with Crippen LogP contribution in [0.15, 0.2) is 0 Å². The molecule has 2 aliphatic rings. The maximum atomic E-state index is 6.19. The molecule has 0 aromatic carbocycles. The molecule has 2 bridgehead atoms. The maximum Gasteiger partial charge on any atom is 0.0939 e. The first-order chi connectivity index (χ1) is 7.14. The molecule has 2 atom stereocenters. The normalized spacial score (nSPS) is 44.6. The first-order valence-electron chi connectivity index (χ1n) is 5.57. The zero-order valence-corrected chi connectivity index (χ0v) is 9.62. The van der Waals surface area contributed by atoms with Gasteiger partial charge in [-0.25, -0.2) is 0 Å². The van der Waals surface area contributed by atoms with Crippen molar-refractivity contribution in [2.45, 2.75) is 42.9 Å². The van der Waals surface area contributed by atoms with Gasteiger partial charge in [0.1, 0.15) is 0 Å². The third kappa shape index (κ3) is 2.04. The van der Waals surface area contributed by atoms with Gasteiger partial charge in [-0.1, -0.05) is 0 Å². The van der Waals surface area contributed by atoms with E-state index in [1.807, 2.05) is 0 Å². The lowest BCUT2D eigenvalue weighted by atomic mass is 9.90. The Hall–Kier alpha value is -0.160. The minimum Gasteiger partial charge on any atom is -0.382 e. The van der Waals surface area contributed by atoms with Gasteiger partial charge in [0.15, 0.2) is 0 Å². The van der Waals surface area contributed by atoms with Gasteiger partial charge >= 0.3 is 0 Å². The van der Waals surface area contributed by atoms with Crippen molar-refractivity contribution in [2.75, 3.05) is 27.4 Å². The smallest absolute Gasteiger partial charge is 0.0939 e. The van der Waals surface area contributed by atoms with Crippen LogP contribution in [0.1, 0.15) is 25.7 Å². The van der Waals surface area contributed by atoms with Crippen LogP contribution >= 0.6 is 0 Å². The molecule has 0 aliphatic carbocycles. The molecule has 2 saturated heterocycles. The van der Waals surface area contributed by atoms with E-state index in [9.17, 15) is 0 Å². The summed E-state index contributed by atoms with van der Waals surface area (Å²) in [6.07, 6.45) is 3.90. The molecule has 0 spiro atoms. The molecule has 0 aromatic heterocycles. The van der Waals surface area contributed by atoms with Crippen LogP contribution in [-0.4, -0.2) is 44.7 Å². The fraction of sp³-hybridized carbons (Fsp3) is 1.00. The van der Waals surface area contributed by atoms with E-state index in [2.05, 4.69) is 0 Å². The molecule has 4 heteroatoms. The molecule has 2 fully saturated rings. The minimum atomic E-state index is -0.148. The molecule has 0 radical (unpaired) electrons. The maximum absolute atomic E-state index is 6.19. The van der Waals surface area contributed by atoms with Gasteiger partial charge in [0.2, 0.25) is 0 Å². The third-order valence-electron chi connectivity index (χ3n) is 3.55. The van der Waals surface area contributed by atoms with Crippen molar-refractivity contribution in [2.24, 2.45) is 5.73 Å². The SMILES string of the molecule is COCC12CCC(COC)(CC(N)C1)O2. The van der Waals surface area contributed by atoms with Crippen molar-refractivity contribution in [3.05, 3.63) is 0 Å². The summed E-state index contributed by atoms with van der Waals surface area (Å²) in [5, 5.41) is 0. The average molecular weight is 215 g/mol. The Bertz CT molecular complexity index is 214. The fourth-order valence-electron chi connectivity index (χ4n) is 3.18. The molecule has 2 rings (SSSR count). The van der Waals surface area contributed by atoms with Crippen LogP contribution in [-0.2, 0) is 14.2 Å². The number of hydrogen-bond acceptors (Lipinski definition) is 4. The average Bonchev–Trinajstić information content (AvgIpc) is 2.39. The second-order valence-electron chi connectivity index (χ2n) is 5.00. The van der Waals surface area contributed by atoms with Gasteiger partial charge in [0.05, 0.1) is 24.4 Å². The summed E-state index contributed by atoms with van der Waals surface area (Å²) in [6.45, 7) is 1.29. The molecule has 0 aromatic rings. The van der Waals surface area contributed by atoms with E-state index in [1.54, 1.807) is 14.2 Å². The molecule has 2 N–H and O–H groups in total. The summed E-state index contributed by atoms with van der Waals surface area (Å²) < 4.78 is 16.7. The zero-order chi connectivity index (χ0) is 10.9. The van der Waals surface area contributed by atoms with Gasteiger partial charge in [0, 0.05) is 20.3 Å². The lowest BCUT2D eigenvalue weighted by Crippen LogP contribution is -2.52. The van der Waals surface area contributed by atoms with Crippen LogP contribution in [0, 0.1) is 0 Å². The van der Waals surface area contributed by atoms with E-state index in [-0.39, 0.29) is 17.2 Å². The standard InChI is InChI=1S/C11H21NO3/c1-13-7-10-3-4-11(15-10,8-14-2)6-9(12)5-10/h9H,3-8,12H2,1-2H3. The molecular weight excluding hydrogens is 194 g/mol. The van der Waals surface area contributed by atoms with Crippen molar-refractivity contribution in [1.82, 2.24) is 0 Å². The van der Waals surface area contributed by atoms with Crippen LogP contribution in [0.25, 0.3) is 0 Å². The van der Waals surface area contributed by atoms with E-state index in [1.165, 1.54) is 0 Å². The topological polar surface area (TPSA) is 53.7 Å². The number of rotatable bonds is 4. The van der Waals surface area contributed by atoms with Gasteiger partial charge in [-0.15, -0.1) is 0 Å². The van der Waals surface area contributed by atoms with Crippen molar-refractivity contribution in [1.29, 1.82) is 0 Å². The fourth-order valence-corrected chi connectivity index (χ4v) is 3.18. The summed E-state index contributed by atoms with van der Waals surface area (Å²) in [5.41, 5.74) is 5.80. The van der Waals surface area contributed by atoms with Crippen molar-refractivity contribution < 1.29 is 14.2 Å². The van der Waals surface area contributed by atoms with Gasteiger partial charge < -0.3 is 19.9 Å². The lowest BCUT2D eigenvalue weighted by Gasteiger charge is -2.42. The Morgan fingerprint density at radius 2 is 1.60 bits per heavy atom. The summed E-state index contributed by atoms with van der Waals surface area (Å²) >= 11 is 0. The molecule has 88 valence electrons. The summed E-state index contributed by atoms with van der Waals surface area (Å²) in [6, 6.07) is 0.214. The van der Waals surface area contributed by atoms with Crippen molar-refractivity contribution in [3.8, 4) is 0 Å². The predicted molar refractivity (Wildman–Crippen MR) is 56.7 cm³/mol. The molecule has 15 heavy (non-hydrogen) atoms. The second-order valence-corrected chi connectivity index (χ2v) is 5.00. The number of hydrogen-bond donors (Lipinski definition) is 1. The number of ether oxygens (including phenoxy) is 3. The molecule has 2 heterocycles. The van der Waals surface area contributed by atoms with Gasteiger partial charge in [-0.05, 0) is 25.7 Å². The monoisotopic (exact) mass is 215 g/mol. The van der Waals surface area contributed by atoms with Crippen LogP contribution in [0.4, 0.5) is 0 Å². The van der Waals surface area contributed by atoms with Crippen LogP contribution in [0.5, 0.6) is 0 Å². The Morgan fingerprint density at radius 1 is 1.13 bits per heavy atom. The molecule has 4 nitrogen and oxygen atoms in total. The van der Waals surface area contributed by atoms with E-state index in [4.69, 9.17) is 19.9 Å². The van der Waals surface area contributed by atoms with E-state index >= 15 is 0 Å². The van der Waals surface area contributed by atoms with Crippen molar-refractivity contribution >= 4 is 0 Å². The number of nitrogens with two attached hydrogens (primary N) is 1. The van der Waals surface area contributed by atoms with E-state index < -0.39 is 0 Å². The first kappa shape index (κ1) is 11.3.